The van der Waals surface area contributed by atoms with Crippen LogP contribution in [0.3, 0.4) is 0 Å². The molecule has 0 aliphatic heterocycles. The van der Waals surface area contributed by atoms with Crippen molar-refractivity contribution in [3.05, 3.63) is 58.6 Å². The van der Waals surface area contributed by atoms with Gasteiger partial charge in [0.2, 0.25) is 0 Å². The lowest BCUT2D eigenvalue weighted by Gasteiger charge is -2.17. The van der Waals surface area contributed by atoms with Crippen molar-refractivity contribution < 1.29 is 9.36 Å². The minimum atomic E-state index is 0.0413. The van der Waals surface area contributed by atoms with Gasteiger partial charge in [0.25, 0.3) is 0 Å². The van der Waals surface area contributed by atoms with Crippen LogP contribution in [-0.4, -0.2) is 34.9 Å². The summed E-state index contributed by atoms with van der Waals surface area (Å²) in [6.07, 6.45) is 0. The summed E-state index contributed by atoms with van der Waals surface area (Å²) in [5, 5.41) is 0. The first kappa shape index (κ1) is 19.6. The number of likely N-dealkylation sites (N-methyl/N-ethyl adjacent to an activating group) is 1. The van der Waals surface area contributed by atoms with Crippen LogP contribution in [0.25, 0.3) is 11.0 Å². The topological polar surface area (TPSA) is 55.1 Å². The summed E-state index contributed by atoms with van der Waals surface area (Å²) in [4.78, 5) is 15.2. The minimum Gasteiger partial charge on any atom is -0.301 e. The molecule has 0 fully saturated rings. The van der Waals surface area contributed by atoms with Crippen LogP contribution in [0.15, 0.2) is 53.0 Å². The van der Waals surface area contributed by atoms with E-state index in [1.54, 1.807) is 0 Å². The van der Waals surface area contributed by atoms with Gasteiger partial charge in [-0.05, 0) is 37.4 Å². The first-order valence-corrected chi connectivity index (χ1v) is 10.1. The lowest BCUT2D eigenvalue weighted by molar-refractivity contribution is -0.642. The summed E-state index contributed by atoms with van der Waals surface area (Å²) in [7, 11) is 0. The van der Waals surface area contributed by atoms with Crippen molar-refractivity contribution in [2.75, 3.05) is 25.4 Å². The van der Waals surface area contributed by atoms with E-state index in [1.807, 2.05) is 47.0 Å². The molecule has 2 aromatic carbocycles. The molecule has 0 spiro atoms. The van der Waals surface area contributed by atoms with E-state index < -0.39 is 0 Å². The smallest absolute Gasteiger partial charge is 0.301 e. The third kappa shape index (κ3) is 4.22. The van der Waals surface area contributed by atoms with E-state index in [0.717, 1.165) is 41.7 Å². The van der Waals surface area contributed by atoms with Gasteiger partial charge in [-0.3, -0.25) is 10.5 Å². The number of Topliss-reactive ketones (excluding diaryl/α,β-unsaturated/α-hetero) is 1. The molecular formula is C21H26BrN4O+. The highest BCUT2D eigenvalue weighted by Gasteiger charge is 2.23. The summed E-state index contributed by atoms with van der Waals surface area (Å²) < 4.78 is 4.93. The van der Waals surface area contributed by atoms with Crippen LogP contribution in [-0.2, 0) is 13.1 Å². The molecule has 6 heteroatoms. The lowest BCUT2D eigenvalue weighted by Crippen LogP contribution is -2.40. The van der Waals surface area contributed by atoms with Crippen molar-refractivity contribution in [3.8, 4) is 0 Å². The number of carbonyl (C=O) groups excluding carboxylic acids is 1. The zero-order valence-corrected chi connectivity index (χ0v) is 17.4. The molecule has 2 N–H and O–H groups in total. The summed E-state index contributed by atoms with van der Waals surface area (Å²) in [5.41, 5.74) is 9.21. The number of nitrogens with two attached hydrogens (primary N) is 1. The number of nitrogen functional groups attached to an aromatic ring is 1. The molecule has 0 bridgehead atoms. The average molecular weight is 430 g/mol. The highest BCUT2D eigenvalue weighted by Crippen LogP contribution is 2.17. The molecular weight excluding hydrogens is 404 g/mol. The van der Waals surface area contributed by atoms with Gasteiger partial charge in [0.05, 0.1) is 6.54 Å². The number of aromatic nitrogens is 2. The van der Waals surface area contributed by atoms with Crippen LogP contribution in [0.5, 0.6) is 0 Å². The van der Waals surface area contributed by atoms with Crippen LogP contribution in [0.4, 0.5) is 5.95 Å². The Labute approximate surface area is 168 Å². The average Bonchev–Trinajstić information content (AvgIpc) is 2.94. The molecule has 1 heterocycles. The van der Waals surface area contributed by atoms with Gasteiger partial charge >= 0.3 is 5.95 Å². The predicted molar refractivity (Wildman–Crippen MR) is 113 cm³/mol. The van der Waals surface area contributed by atoms with Crippen molar-refractivity contribution in [1.29, 1.82) is 0 Å². The van der Waals surface area contributed by atoms with E-state index in [2.05, 4.69) is 45.3 Å². The Kier molecular flexibility index (Phi) is 6.29. The molecule has 142 valence electrons. The number of benzene rings is 2. The summed E-state index contributed by atoms with van der Waals surface area (Å²) in [6, 6.07) is 15.5. The molecule has 0 saturated carbocycles. The molecule has 0 atom stereocenters. The number of nitrogens with zero attached hydrogens (tertiary/aromatic N) is 3. The Morgan fingerprint density at radius 1 is 1.15 bits per heavy atom. The molecule has 0 amide bonds. The minimum absolute atomic E-state index is 0.0413. The number of anilines is 1. The third-order valence-electron chi connectivity index (χ3n) is 5.00. The number of fused-ring (bicyclic) bond motifs is 1. The van der Waals surface area contributed by atoms with Crippen molar-refractivity contribution in [2.24, 2.45) is 0 Å². The number of halogens is 1. The van der Waals surface area contributed by atoms with Crippen LogP contribution >= 0.6 is 15.9 Å². The quantitative estimate of drug-likeness (QED) is 0.440. The molecule has 0 radical (unpaired) electrons. The summed E-state index contributed by atoms with van der Waals surface area (Å²) >= 11 is 3.43. The second-order valence-corrected chi connectivity index (χ2v) is 7.46. The normalized spacial score (nSPS) is 11.4. The fraction of sp³-hybridized carbons (Fsp3) is 0.333. The van der Waals surface area contributed by atoms with E-state index >= 15 is 0 Å². The number of rotatable bonds is 8. The van der Waals surface area contributed by atoms with Gasteiger partial charge in [-0.25, -0.2) is 9.13 Å². The number of hydrogen-bond acceptors (Lipinski definition) is 3. The first-order chi connectivity index (χ1) is 13.0. The fourth-order valence-electron chi connectivity index (χ4n) is 3.39. The van der Waals surface area contributed by atoms with E-state index in [-0.39, 0.29) is 12.3 Å². The molecule has 5 nitrogen and oxygen atoms in total. The summed E-state index contributed by atoms with van der Waals surface area (Å²) in [5.74, 6) is 0.659. The molecule has 0 unspecified atom stereocenters. The number of hydrogen-bond donors (Lipinski definition) is 1. The van der Waals surface area contributed by atoms with Gasteiger partial charge in [0, 0.05) is 16.6 Å². The molecule has 3 rings (SSSR count). The zero-order chi connectivity index (χ0) is 19.4. The largest absolute Gasteiger partial charge is 0.356 e. The van der Waals surface area contributed by atoms with Gasteiger partial charge in [0.15, 0.2) is 5.78 Å². The molecule has 1 aromatic heterocycles. The Morgan fingerprint density at radius 3 is 2.59 bits per heavy atom. The van der Waals surface area contributed by atoms with E-state index in [4.69, 9.17) is 5.73 Å². The van der Waals surface area contributed by atoms with Crippen LogP contribution in [0.1, 0.15) is 24.2 Å². The van der Waals surface area contributed by atoms with E-state index in [0.29, 0.717) is 11.5 Å². The van der Waals surface area contributed by atoms with Gasteiger partial charge < -0.3 is 4.90 Å². The van der Waals surface area contributed by atoms with Crippen molar-refractivity contribution >= 4 is 38.7 Å². The second kappa shape index (κ2) is 8.67. The summed E-state index contributed by atoms with van der Waals surface area (Å²) in [6.45, 7) is 8.30. The van der Waals surface area contributed by atoms with E-state index in [9.17, 15) is 4.79 Å². The predicted octanol–water partition coefficient (Wildman–Crippen LogP) is 3.50. The van der Waals surface area contributed by atoms with Gasteiger partial charge in [-0.15, -0.1) is 0 Å². The lowest BCUT2D eigenvalue weighted by atomic mass is 10.1. The Bertz CT molecular complexity index is 947. The van der Waals surface area contributed by atoms with Crippen LogP contribution in [0, 0.1) is 0 Å². The number of ketones is 1. The highest BCUT2D eigenvalue weighted by atomic mass is 79.9. The number of carbonyl (C=O) groups is 1. The van der Waals surface area contributed by atoms with Gasteiger partial charge in [-0.2, -0.15) is 0 Å². The molecule has 27 heavy (non-hydrogen) atoms. The maximum atomic E-state index is 12.8. The third-order valence-corrected chi connectivity index (χ3v) is 5.49. The molecule has 0 aliphatic rings. The van der Waals surface area contributed by atoms with Crippen LogP contribution < -0.4 is 10.3 Å². The SMILES string of the molecule is CCN(CC)CCn1c(N)[n+](CC(=O)c2cccc(Br)c2)c2ccccc21. The maximum Gasteiger partial charge on any atom is 0.356 e. The van der Waals surface area contributed by atoms with Crippen LogP contribution in [0.2, 0.25) is 0 Å². The first-order valence-electron chi connectivity index (χ1n) is 9.32. The fourth-order valence-corrected chi connectivity index (χ4v) is 3.79. The molecule has 0 aliphatic carbocycles. The zero-order valence-electron chi connectivity index (χ0n) is 15.9. The van der Waals surface area contributed by atoms with Crippen molar-refractivity contribution in [3.63, 3.8) is 0 Å². The molecule has 0 saturated heterocycles. The Hall–Kier alpha value is -2.18. The maximum absolute atomic E-state index is 12.8. The second-order valence-electron chi connectivity index (χ2n) is 6.55. The van der Waals surface area contributed by atoms with Gasteiger partial charge in [0.1, 0.15) is 17.6 Å². The monoisotopic (exact) mass is 429 g/mol. The Balaban J connectivity index is 1.93. The van der Waals surface area contributed by atoms with E-state index in [1.165, 1.54) is 0 Å². The Morgan fingerprint density at radius 2 is 1.89 bits per heavy atom. The van der Waals surface area contributed by atoms with Crippen molar-refractivity contribution in [1.82, 2.24) is 9.47 Å². The van der Waals surface area contributed by atoms with Crippen molar-refractivity contribution in [2.45, 2.75) is 26.9 Å². The highest BCUT2D eigenvalue weighted by molar-refractivity contribution is 9.10. The van der Waals surface area contributed by atoms with Gasteiger partial charge in [-0.1, -0.05) is 54.0 Å². The standard InChI is InChI=1S/C21H25BrN4O/c1-3-24(4-2)12-13-25-18-10-5-6-11-19(18)26(21(25)23)15-20(27)16-8-7-9-17(22)14-16/h5-11,14,23H,3-4,12-13,15H2,1-2H3/p+1. The number of imidazole rings is 1. The molecule has 3 aromatic rings. The number of para-hydroxylation sites is 2.